The Morgan fingerprint density at radius 1 is 1.47 bits per heavy atom. The van der Waals surface area contributed by atoms with Gasteiger partial charge in [-0.2, -0.15) is 0 Å². The predicted octanol–water partition coefficient (Wildman–Crippen LogP) is 2.53. The maximum absolute atomic E-state index is 6.18. The molecule has 4 heteroatoms. The second kappa shape index (κ2) is 4.84. The summed E-state index contributed by atoms with van der Waals surface area (Å²) in [6.07, 6.45) is 0. The van der Waals surface area contributed by atoms with Crippen molar-refractivity contribution in [1.82, 2.24) is 4.90 Å². The molecule has 1 aromatic rings. The van der Waals surface area contributed by atoms with Crippen molar-refractivity contribution < 1.29 is 4.74 Å². The number of hydrogen-bond acceptors (Lipinski definition) is 3. The first-order chi connectivity index (χ1) is 7.96. The van der Waals surface area contributed by atoms with Crippen LogP contribution in [-0.4, -0.2) is 30.2 Å². The number of rotatable bonds is 2. The Morgan fingerprint density at radius 3 is 2.88 bits per heavy atom. The average Bonchev–Trinajstić information content (AvgIpc) is 2.21. The van der Waals surface area contributed by atoms with E-state index in [1.54, 1.807) is 0 Å². The molecule has 0 bridgehead atoms. The van der Waals surface area contributed by atoms with Crippen LogP contribution in [0, 0.1) is 0 Å². The summed E-state index contributed by atoms with van der Waals surface area (Å²) in [5.41, 5.74) is 7.45. The Labute approximate surface area is 107 Å². The van der Waals surface area contributed by atoms with Gasteiger partial charge in [0.25, 0.3) is 0 Å². The standard InChI is InChI=1S/C13H19ClN2O/c1-13(2)9-16(5-6-17-13)8-10-3-4-11(15)7-12(10)14/h3-4,7H,5-6,8-9,15H2,1-2H3. The minimum absolute atomic E-state index is 0.0709. The lowest BCUT2D eigenvalue weighted by Gasteiger charge is -2.38. The molecule has 2 N–H and O–H groups in total. The molecule has 17 heavy (non-hydrogen) atoms. The topological polar surface area (TPSA) is 38.5 Å². The van der Waals surface area contributed by atoms with Crippen LogP contribution in [0.3, 0.4) is 0 Å². The third kappa shape index (κ3) is 3.35. The maximum atomic E-state index is 6.18. The Kier molecular flexibility index (Phi) is 3.61. The first-order valence-electron chi connectivity index (χ1n) is 5.86. The third-order valence-corrected chi connectivity index (χ3v) is 3.33. The van der Waals surface area contributed by atoms with Crippen LogP contribution < -0.4 is 5.73 Å². The summed E-state index contributed by atoms with van der Waals surface area (Å²) in [6.45, 7) is 7.73. The van der Waals surface area contributed by atoms with Crippen LogP contribution in [0.15, 0.2) is 18.2 Å². The number of nitrogens with zero attached hydrogens (tertiary/aromatic N) is 1. The number of nitrogens with two attached hydrogens (primary N) is 1. The number of halogens is 1. The molecule has 0 unspecified atom stereocenters. The van der Waals surface area contributed by atoms with E-state index in [1.807, 2.05) is 18.2 Å². The summed E-state index contributed by atoms with van der Waals surface area (Å²) in [5.74, 6) is 0. The molecule has 1 aliphatic rings. The average molecular weight is 255 g/mol. The SMILES string of the molecule is CC1(C)CN(Cc2ccc(N)cc2Cl)CCO1. The summed E-state index contributed by atoms with van der Waals surface area (Å²) in [4.78, 5) is 2.36. The zero-order chi connectivity index (χ0) is 12.5. The lowest BCUT2D eigenvalue weighted by atomic mass is 10.1. The van der Waals surface area contributed by atoms with E-state index in [2.05, 4.69) is 18.7 Å². The second-order valence-electron chi connectivity index (χ2n) is 5.17. The van der Waals surface area contributed by atoms with Crippen LogP contribution in [-0.2, 0) is 11.3 Å². The van der Waals surface area contributed by atoms with E-state index in [9.17, 15) is 0 Å². The van der Waals surface area contributed by atoms with Crippen LogP contribution in [0.25, 0.3) is 0 Å². The number of morpholine rings is 1. The molecule has 94 valence electrons. The minimum atomic E-state index is -0.0709. The summed E-state index contributed by atoms with van der Waals surface area (Å²) in [7, 11) is 0. The van der Waals surface area contributed by atoms with E-state index in [1.165, 1.54) is 0 Å². The van der Waals surface area contributed by atoms with Crippen molar-refractivity contribution in [2.45, 2.75) is 26.0 Å². The van der Waals surface area contributed by atoms with Crippen LogP contribution in [0.4, 0.5) is 5.69 Å². The van der Waals surface area contributed by atoms with Crippen molar-refractivity contribution >= 4 is 17.3 Å². The van der Waals surface area contributed by atoms with Gasteiger partial charge >= 0.3 is 0 Å². The predicted molar refractivity (Wildman–Crippen MR) is 71.2 cm³/mol. The van der Waals surface area contributed by atoms with Gasteiger partial charge in [-0.25, -0.2) is 0 Å². The summed E-state index contributed by atoms with van der Waals surface area (Å²) >= 11 is 6.18. The largest absolute Gasteiger partial charge is 0.399 e. The monoisotopic (exact) mass is 254 g/mol. The van der Waals surface area contributed by atoms with Gasteiger partial charge in [0.2, 0.25) is 0 Å². The van der Waals surface area contributed by atoms with Gasteiger partial charge in [-0.05, 0) is 31.5 Å². The lowest BCUT2D eigenvalue weighted by molar-refractivity contribution is -0.0882. The summed E-state index contributed by atoms with van der Waals surface area (Å²) in [5, 5.41) is 0.745. The highest BCUT2D eigenvalue weighted by molar-refractivity contribution is 6.31. The van der Waals surface area contributed by atoms with Crippen LogP contribution in [0.1, 0.15) is 19.4 Å². The highest BCUT2D eigenvalue weighted by atomic mass is 35.5. The quantitative estimate of drug-likeness (QED) is 0.825. The molecule has 1 saturated heterocycles. The Bertz CT molecular complexity index is 406. The van der Waals surface area contributed by atoms with Gasteiger partial charge in [-0.15, -0.1) is 0 Å². The van der Waals surface area contributed by atoms with Crippen molar-refractivity contribution in [2.24, 2.45) is 0 Å². The number of anilines is 1. The van der Waals surface area contributed by atoms with Gasteiger partial charge in [0.05, 0.1) is 12.2 Å². The Balaban J connectivity index is 2.05. The molecule has 1 heterocycles. The molecule has 0 spiro atoms. The lowest BCUT2D eigenvalue weighted by Crippen LogP contribution is -2.47. The number of ether oxygens (including phenoxy) is 1. The van der Waals surface area contributed by atoms with E-state index in [4.69, 9.17) is 22.1 Å². The van der Waals surface area contributed by atoms with Gasteiger partial charge in [-0.3, -0.25) is 4.90 Å². The molecule has 1 aliphatic heterocycles. The number of nitrogen functional groups attached to an aromatic ring is 1. The van der Waals surface area contributed by atoms with Gasteiger partial charge < -0.3 is 10.5 Å². The van der Waals surface area contributed by atoms with Gasteiger partial charge in [0.15, 0.2) is 0 Å². The Hall–Kier alpha value is -0.770. The highest BCUT2D eigenvalue weighted by Crippen LogP contribution is 2.23. The van der Waals surface area contributed by atoms with Crippen molar-refractivity contribution in [2.75, 3.05) is 25.4 Å². The first-order valence-corrected chi connectivity index (χ1v) is 6.24. The van der Waals surface area contributed by atoms with E-state index in [0.29, 0.717) is 5.69 Å². The minimum Gasteiger partial charge on any atom is -0.399 e. The van der Waals surface area contributed by atoms with E-state index < -0.39 is 0 Å². The van der Waals surface area contributed by atoms with Crippen LogP contribution in [0.2, 0.25) is 5.02 Å². The maximum Gasteiger partial charge on any atom is 0.0753 e. The van der Waals surface area contributed by atoms with Crippen molar-refractivity contribution in [3.63, 3.8) is 0 Å². The highest BCUT2D eigenvalue weighted by Gasteiger charge is 2.27. The van der Waals surface area contributed by atoms with Crippen molar-refractivity contribution in [3.8, 4) is 0 Å². The fourth-order valence-electron chi connectivity index (χ4n) is 2.18. The molecule has 0 radical (unpaired) electrons. The molecule has 0 atom stereocenters. The molecule has 1 aromatic carbocycles. The third-order valence-electron chi connectivity index (χ3n) is 2.98. The molecule has 0 amide bonds. The fraction of sp³-hybridized carbons (Fsp3) is 0.538. The zero-order valence-electron chi connectivity index (χ0n) is 10.4. The number of benzene rings is 1. The van der Waals surface area contributed by atoms with E-state index in [-0.39, 0.29) is 5.60 Å². The number of hydrogen-bond donors (Lipinski definition) is 1. The van der Waals surface area contributed by atoms with Crippen LogP contribution >= 0.6 is 11.6 Å². The van der Waals surface area contributed by atoms with Gasteiger partial charge in [0.1, 0.15) is 0 Å². The zero-order valence-corrected chi connectivity index (χ0v) is 11.1. The van der Waals surface area contributed by atoms with E-state index in [0.717, 1.165) is 36.8 Å². The Morgan fingerprint density at radius 2 is 2.24 bits per heavy atom. The molecule has 1 fully saturated rings. The molecule has 2 rings (SSSR count). The molecule has 0 saturated carbocycles. The summed E-state index contributed by atoms with van der Waals surface area (Å²) < 4.78 is 5.69. The normalized spacial score (nSPS) is 20.4. The van der Waals surface area contributed by atoms with Crippen LogP contribution in [0.5, 0.6) is 0 Å². The molecule has 0 aromatic heterocycles. The summed E-state index contributed by atoms with van der Waals surface area (Å²) in [6, 6.07) is 5.70. The molecule has 3 nitrogen and oxygen atoms in total. The second-order valence-corrected chi connectivity index (χ2v) is 5.58. The first kappa shape index (κ1) is 12.7. The molecular formula is C13H19ClN2O. The smallest absolute Gasteiger partial charge is 0.0753 e. The molecular weight excluding hydrogens is 236 g/mol. The van der Waals surface area contributed by atoms with Gasteiger partial charge in [-0.1, -0.05) is 17.7 Å². The van der Waals surface area contributed by atoms with Crippen molar-refractivity contribution in [3.05, 3.63) is 28.8 Å². The fourth-order valence-corrected chi connectivity index (χ4v) is 2.43. The molecule has 0 aliphatic carbocycles. The van der Waals surface area contributed by atoms with E-state index >= 15 is 0 Å². The van der Waals surface area contributed by atoms with Crippen molar-refractivity contribution in [1.29, 1.82) is 0 Å². The van der Waals surface area contributed by atoms with Gasteiger partial charge in [0, 0.05) is 30.3 Å².